The Hall–Kier alpha value is -4.04. The highest BCUT2D eigenvalue weighted by molar-refractivity contribution is 6.05. The van der Waals surface area contributed by atoms with Gasteiger partial charge in [0, 0.05) is 38.5 Å². The fourth-order valence-corrected chi connectivity index (χ4v) is 4.96. The van der Waals surface area contributed by atoms with Crippen LogP contribution in [0.2, 0.25) is 0 Å². The van der Waals surface area contributed by atoms with Crippen molar-refractivity contribution in [1.29, 1.82) is 0 Å². The summed E-state index contributed by atoms with van der Waals surface area (Å²) in [6.07, 6.45) is 0. The molecule has 0 amide bonds. The first-order valence-corrected chi connectivity index (χ1v) is 10.8. The minimum Gasteiger partial charge on any atom is -0.456 e. The molecule has 0 radical (unpaired) electrons. The fraction of sp³-hybridized carbons (Fsp3) is 0.0667. The Bertz CT molecular complexity index is 1780. The third-order valence-corrected chi connectivity index (χ3v) is 6.59. The Balaban J connectivity index is 1.68. The lowest BCUT2D eigenvalue weighted by molar-refractivity contribution is 0.668. The fourth-order valence-electron chi connectivity index (χ4n) is 4.96. The molecule has 0 N–H and O–H groups in total. The molecule has 0 spiro atoms. The van der Waals surface area contributed by atoms with Gasteiger partial charge in [-0.2, -0.15) is 0 Å². The maximum atomic E-state index is 6.15. The van der Waals surface area contributed by atoms with Crippen molar-refractivity contribution in [2.75, 3.05) is 0 Å². The number of aromatic nitrogens is 1. The highest BCUT2D eigenvalue weighted by Crippen LogP contribution is 2.34. The second kappa shape index (κ2) is 6.73. The molecule has 2 nitrogen and oxygen atoms in total. The molecule has 0 bridgehead atoms. The van der Waals surface area contributed by atoms with Gasteiger partial charge in [0.25, 0.3) is 0 Å². The molecule has 0 fully saturated rings. The lowest BCUT2D eigenvalue weighted by Crippen LogP contribution is -2.25. The average molecular weight is 414 g/mol. The van der Waals surface area contributed by atoms with E-state index in [0.29, 0.717) is 0 Å². The summed E-state index contributed by atoms with van der Waals surface area (Å²) in [6.45, 7) is 13.2. The van der Waals surface area contributed by atoms with Gasteiger partial charge in [-0.25, -0.2) is 0 Å². The van der Waals surface area contributed by atoms with Gasteiger partial charge in [-0.15, -0.1) is 0 Å². The molecule has 2 aromatic heterocycles. The quantitative estimate of drug-likeness (QED) is 0.311. The second-order valence-corrected chi connectivity index (χ2v) is 8.51. The Kier molecular flexibility index (Phi) is 3.93. The molecule has 0 aliphatic heterocycles. The van der Waals surface area contributed by atoms with Gasteiger partial charge in [-0.05, 0) is 60.4 Å². The van der Waals surface area contributed by atoms with Gasteiger partial charge in [0.15, 0.2) is 0 Å². The molecule has 2 heteroatoms. The van der Waals surface area contributed by atoms with Gasteiger partial charge >= 0.3 is 0 Å². The third-order valence-electron chi connectivity index (χ3n) is 6.59. The standard InChI is InChI=1S/C30H23NO/c1-18-9-5-6-10-23(18)29-19(2)13-16-26-30(29)20(3)21(4)31(26)22-14-15-25-24-11-7-8-12-27(24)32-28(25)17-22/h5-17H,3-4H2,1-2H3. The predicted molar refractivity (Wildman–Crippen MR) is 136 cm³/mol. The van der Waals surface area contributed by atoms with Crippen LogP contribution in [0.3, 0.4) is 0 Å². The van der Waals surface area contributed by atoms with Crippen molar-refractivity contribution in [2.24, 2.45) is 0 Å². The van der Waals surface area contributed by atoms with Gasteiger partial charge in [-0.3, -0.25) is 0 Å². The Morgan fingerprint density at radius 1 is 0.719 bits per heavy atom. The molecule has 2 heterocycles. The van der Waals surface area contributed by atoms with Gasteiger partial charge in [0.1, 0.15) is 11.2 Å². The van der Waals surface area contributed by atoms with Crippen molar-refractivity contribution in [3.05, 3.63) is 101 Å². The Labute approximate surface area is 186 Å². The van der Waals surface area contributed by atoms with Crippen LogP contribution in [-0.2, 0) is 0 Å². The molecule has 0 aliphatic rings. The lowest BCUT2D eigenvalue weighted by Gasteiger charge is -2.13. The SMILES string of the molecule is C=c1c(=C)n(-c2ccc3c(c2)oc2ccccc23)c2ccc(C)c(-c3ccccc3C)c12. The normalized spacial score (nSPS) is 11.7. The van der Waals surface area contributed by atoms with Crippen LogP contribution in [0.4, 0.5) is 0 Å². The van der Waals surface area contributed by atoms with E-state index in [4.69, 9.17) is 4.42 Å². The van der Waals surface area contributed by atoms with Crippen LogP contribution in [0.1, 0.15) is 11.1 Å². The van der Waals surface area contributed by atoms with Crippen molar-refractivity contribution < 1.29 is 4.42 Å². The maximum Gasteiger partial charge on any atom is 0.137 e. The van der Waals surface area contributed by atoms with Crippen molar-refractivity contribution >= 4 is 46.0 Å². The summed E-state index contributed by atoms with van der Waals surface area (Å²) in [5.41, 5.74) is 8.89. The van der Waals surface area contributed by atoms with Crippen LogP contribution < -0.4 is 10.6 Å². The Morgan fingerprint density at radius 3 is 2.31 bits per heavy atom. The molecule has 0 saturated carbocycles. The third kappa shape index (κ3) is 2.53. The highest BCUT2D eigenvalue weighted by Gasteiger charge is 2.16. The molecule has 6 rings (SSSR count). The second-order valence-electron chi connectivity index (χ2n) is 8.51. The van der Waals surface area contributed by atoms with E-state index < -0.39 is 0 Å². The zero-order valence-corrected chi connectivity index (χ0v) is 18.3. The number of aryl methyl sites for hydroxylation is 2. The van der Waals surface area contributed by atoms with Crippen LogP contribution in [0.25, 0.3) is 62.8 Å². The number of hydrogen-bond donors (Lipinski definition) is 0. The monoisotopic (exact) mass is 413 g/mol. The van der Waals surface area contributed by atoms with Gasteiger partial charge in [0.05, 0.1) is 5.52 Å². The summed E-state index contributed by atoms with van der Waals surface area (Å²) in [5.74, 6) is 0. The van der Waals surface area contributed by atoms with E-state index in [9.17, 15) is 0 Å². The number of benzene rings is 4. The van der Waals surface area contributed by atoms with Crippen LogP contribution in [0, 0.1) is 13.8 Å². The maximum absolute atomic E-state index is 6.15. The average Bonchev–Trinajstić information content (AvgIpc) is 3.29. The van der Waals surface area contributed by atoms with Gasteiger partial charge in [-0.1, -0.05) is 61.7 Å². The minimum absolute atomic E-state index is 0.877. The van der Waals surface area contributed by atoms with E-state index in [-0.39, 0.29) is 0 Å². The lowest BCUT2D eigenvalue weighted by atomic mass is 9.93. The zero-order valence-electron chi connectivity index (χ0n) is 18.3. The van der Waals surface area contributed by atoms with Crippen LogP contribution in [0.15, 0.2) is 83.3 Å². The first kappa shape index (κ1) is 18.7. The number of nitrogens with zero attached hydrogens (tertiary/aromatic N) is 1. The molecular formula is C30H23NO. The molecular weight excluding hydrogens is 390 g/mol. The summed E-state index contributed by atoms with van der Waals surface area (Å²) in [6, 6.07) is 27.5. The molecule has 0 atom stereocenters. The van der Waals surface area contributed by atoms with Crippen LogP contribution >= 0.6 is 0 Å². The molecule has 154 valence electrons. The molecule has 0 unspecified atom stereocenters. The van der Waals surface area contributed by atoms with E-state index in [1.807, 2.05) is 18.2 Å². The molecule has 32 heavy (non-hydrogen) atoms. The van der Waals surface area contributed by atoms with Crippen LogP contribution in [-0.4, -0.2) is 4.57 Å². The summed E-state index contributed by atoms with van der Waals surface area (Å²) < 4.78 is 8.35. The van der Waals surface area contributed by atoms with Crippen LogP contribution in [0.5, 0.6) is 0 Å². The molecule has 0 aliphatic carbocycles. The summed E-state index contributed by atoms with van der Waals surface area (Å²) in [5, 5.41) is 5.28. The van der Waals surface area contributed by atoms with Crippen molar-refractivity contribution in [3.8, 4) is 16.8 Å². The summed E-state index contributed by atoms with van der Waals surface area (Å²) in [7, 11) is 0. The highest BCUT2D eigenvalue weighted by atomic mass is 16.3. The number of rotatable bonds is 2. The van der Waals surface area contributed by atoms with Crippen molar-refractivity contribution in [3.63, 3.8) is 0 Å². The van der Waals surface area contributed by atoms with Gasteiger partial charge in [0.2, 0.25) is 0 Å². The molecule has 4 aromatic carbocycles. The molecule has 6 aromatic rings. The zero-order chi connectivity index (χ0) is 22.0. The van der Waals surface area contributed by atoms with E-state index in [1.165, 1.54) is 22.3 Å². The first-order chi connectivity index (χ1) is 15.5. The largest absolute Gasteiger partial charge is 0.456 e. The van der Waals surface area contributed by atoms with E-state index in [1.54, 1.807) is 0 Å². The van der Waals surface area contributed by atoms with E-state index in [0.717, 1.165) is 49.1 Å². The predicted octanol–water partition coefficient (Wildman–Crippen LogP) is 6.63. The number of furan rings is 1. The van der Waals surface area contributed by atoms with Crippen molar-refractivity contribution in [2.45, 2.75) is 13.8 Å². The summed E-state index contributed by atoms with van der Waals surface area (Å²) >= 11 is 0. The Morgan fingerprint density at radius 2 is 1.47 bits per heavy atom. The first-order valence-electron chi connectivity index (χ1n) is 10.8. The number of fused-ring (bicyclic) bond motifs is 4. The topological polar surface area (TPSA) is 18.1 Å². The minimum atomic E-state index is 0.877. The smallest absolute Gasteiger partial charge is 0.137 e. The number of para-hydroxylation sites is 1. The van der Waals surface area contributed by atoms with Gasteiger partial charge < -0.3 is 8.98 Å². The number of hydrogen-bond acceptors (Lipinski definition) is 1. The van der Waals surface area contributed by atoms with Crippen molar-refractivity contribution in [1.82, 2.24) is 4.57 Å². The summed E-state index contributed by atoms with van der Waals surface area (Å²) in [4.78, 5) is 0. The molecule has 0 saturated heterocycles. The van der Waals surface area contributed by atoms with E-state index in [2.05, 4.69) is 92.2 Å². The van der Waals surface area contributed by atoms with E-state index >= 15 is 0 Å².